The lowest BCUT2D eigenvalue weighted by Crippen LogP contribution is -2.10. The number of aromatic nitrogens is 1. The lowest BCUT2D eigenvalue weighted by molar-refractivity contribution is 0.0509. The molecule has 1 aromatic heterocycles. The van der Waals surface area contributed by atoms with Crippen LogP contribution in [0, 0.1) is 0 Å². The summed E-state index contributed by atoms with van der Waals surface area (Å²) in [6.45, 7) is 1.83. The Morgan fingerprint density at radius 3 is 2.78 bits per heavy atom. The normalized spacial score (nSPS) is 10.6. The highest BCUT2D eigenvalue weighted by Crippen LogP contribution is 2.26. The van der Waals surface area contributed by atoms with Gasteiger partial charge in [0.25, 0.3) is 0 Å². The zero-order valence-electron chi connectivity index (χ0n) is 9.49. The second-order valence-corrected chi connectivity index (χ2v) is 4.03. The molecule has 2 aromatic rings. The summed E-state index contributed by atoms with van der Waals surface area (Å²) in [4.78, 5) is 25.7. The third-order valence-corrected chi connectivity index (χ3v) is 2.69. The topological polar surface area (TPSA) is 79.4 Å². The largest absolute Gasteiger partial charge is 0.478 e. The maximum Gasteiger partial charge on any atom is 0.355 e. The summed E-state index contributed by atoms with van der Waals surface area (Å²) in [7, 11) is 0. The lowest BCUT2D eigenvalue weighted by Gasteiger charge is -2.00. The predicted molar refractivity (Wildman–Crippen MR) is 66.2 cm³/mol. The predicted octanol–water partition coefficient (Wildman–Crippen LogP) is 2.70. The molecule has 2 rings (SSSR count). The van der Waals surface area contributed by atoms with Gasteiger partial charge < -0.3 is 14.8 Å². The van der Waals surface area contributed by atoms with Crippen molar-refractivity contribution in [2.24, 2.45) is 0 Å². The Labute approximate surface area is 107 Å². The second-order valence-electron chi connectivity index (χ2n) is 3.59. The van der Waals surface area contributed by atoms with Crippen LogP contribution >= 0.6 is 11.6 Å². The van der Waals surface area contributed by atoms with Crippen LogP contribution in [0.4, 0.5) is 0 Å². The van der Waals surface area contributed by atoms with Crippen LogP contribution in [0.5, 0.6) is 0 Å². The Morgan fingerprint density at radius 2 is 2.17 bits per heavy atom. The van der Waals surface area contributed by atoms with Crippen molar-refractivity contribution < 1.29 is 19.4 Å². The van der Waals surface area contributed by atoms with Crippen molar-refractivity contribution in [2.45, 2.75) is 6.92 Å². The Hall–Kier alpha value is -2.01. The summed E-state index contributed by atoms with van der Waals surface area (Å²) in [6.07, 6.45) is 0. The molecule has 18 heavy (non-hydrogen) atoms. The molecule has 0 spiro atoms. The molecule has 6 heteroatoms. The number of carboxylic acid groups (broad SMARTS) is 1. The third-order valence-electron chi connectivity index (χ3n) is 2.45. The fourth-order valence-corrected chi connectivity index (χ4v) is 1.91. The number of benzene rings is 1. The summed E-state index contributed by atoms with van der Waals surface area (Å²) in [5.41, 5.74) is 0.340. The van der Waals surface area contributed by atoms with Crippen LogP contribution in [0.3, 0.4) is 0 Å². The first-order chi connectivity index (χ1) is 8.54. The number of H-pyrrole nitrogens is 1. The zero-order valence-corrected chi connectivity index (χ0v) is 10.2. The van der Waals surface area contributed by atoms with Crippen molar-refractivity contribution in [3.05, 3.63) is 34.5 Å². The van der Waals surface area contributed by atoms with Crippen LogP contribution in [0.25, 0.3) is 10.9 Å². The Morgan fingerprint density at radius 1 is 1.44 bits per heavy atom. The Kier molecular flexibility index (Phi) is 3.25. The highest BCUT2D eigenvalue weighted by molar-refractivity contribution is 6.31. The molecule has 0 saturated heterocycles. The van der Waals surface area contributed by atoms with Crippen LogP contribution in [0.1, 0.15) is 27.8 Å². The zero-order chi connectivity index (χ0) is 13.3. The van der Waals surface area contributed by atoms with Gasteiger partial charge in [0.1, 0.15) is 5.69 Å². The number of hydrogen-bond donors (Lipinski definition) is 2. The SMILES string of the molecule is CCOC(=O)c1[nH]c2ccc(Cl)cc2c1C(=O)O. The van der Waals surface area contributed by atoms with E-state index < -0.39 is 11.9 Å². The van der Waals surface area contributed by atoms with Crippen molar-refractivity contribution in [3.63, 3.8) is 0 Å². The summed E-state index contributed by atoms with van der Waals surface area (Å²) in [5.74, 6) is -1.89. The summed E-state index contributed by atoms with van der Waals surface area (Å²) < 4.78 is 4.81. The number of aromatic carboxylic acids is 1. The quantitative estimate of drug-likeness (QED) is 0.838. The van der Waals surface area contributed by atoms with Crippen LogP contribution in [-0.2, 0) is 4.74 Å². The number of carbonyl (C=O) groups is 2. The van der Waals surface area contributed by atoms with Crippen LogP contribution in [-0.4, -0.2) is 28.6 Å². The molecule has 0 radical (unpaired) electrons. The van der Waals surface area contributed by atoms with E-state index in [-0.39, 0.29) is 17.9 Å². The molecule has 0 bridgehead atoms. The van der Waals surface area contributed by atoms with E-state index in [0.29, 0.717) is 15.9 Å². The van der Waals surface area contributed by atoms with Crippen molar-refractivity contribution in [2.75, 3.05) is 6.61 Å². The first-order valence-electron chi connectivity index (χ1n) is 5.26. The number of esters is 1. The number of hydrogen-bond acceptors (Lipinski definition) is 3. The van der Waals surface area contributed by atoms with E-state index in [9.17, 15) is 14.7 Å². The van der Waals surface area contributed by atoms with Gasteiger partial charge in [-0.1, -0.05) is 11.6 Å². The maximum absolute atomic E-state index is 11.7. The van der Waals surface area contributed by atoms with E-state index in [1.165, 1.54) is 6.07 Å². The van der Waals surface area contributed by atoms with Gasteiger partial charge in [-0.3, -0.25) is 0 Å². The van der Waals surface area contributed by atoms with Crippen molar-refractivity contribution in [1.29, 1.82) is 0 Å². The molecule has 0 fully saturated rings. The minimum atomic E-state index is -1.20. The molecule has 1 heterocycles. The van der Waals surface area contributed by atoms with Crippen molar-refractivity contribution in [1.82, 2.24) is 4.98 Å². The monoisotopic (exact) mass is 267 g/mol. The van der Waals surface area contributed by atoms with Crippen LogP contribution in [0.15, 0.2) is 18.2 Å². The van der Waals surface area contributed by atoms with E-state index in [1.54, 1.807) is 19.1 Å². The van der Waals surface area contributed by atoms with Gasteiger partial charge >= 0.3 is 11.9 Å². The lowest BCUT2D eigenvalue weighted by atomic mass is 10.1. The molecule has 94 valence electrons. The first kappa shape index (κ1) is 12.4. The summed E-state index contributed by atoms with van der Waals surface area (Å²) in [5, 5.41) is 9.98. The number of aromatic amines is 1. The molecule has 0 aliphatic heterocycles. The molecule has 0 aliphatic rings. The highest BCUT2D eigenvalue weighted by atomic mass is 35.5. The number of rotatable bonds is 3. The molecular weight excluding hydrogens is 258 g/mol. The van der Waals surface area contributed by atoms with E-state index in [1.807, 2.05) is 0 Å². The average molecular weight is 268 g/mol. The van der Waals surface area contributed by atoms with Gasteiger partial charge in [-0.2, -0.15) is 0 Å². The van der Waals surface area contributed by atoms with Crippen LogP contribution < -0.4 is 0 Å². The van der Waals surface area contributed by atoms with E-state index in [2.05, 4.69) is 4.98 Å². The van der Waals surface area contributed by atoms with Crippen LogP contribution in [0.2, 0.25) is 5.02 Å². The molecule has 1 aromatic carbocycles. The second kappa shape index (κ2) is 4.70. The van der Waals surface area contributed by atoms with Gasteiger partial charge in [0.2, 0.25) is 0 Å². The summed E-state index contributed by atoms with van der Waals surface area (Å²) in [6, 6.07) is 4.73. The van der Waals surface area contributed by atoms with Gasteiger partial charge in [-0.25, -0.2) is 9.59 Å². The minimum absolute atomic E-state index is 0.0679. The van der Waals surface area contributed by atoms with Crippen molar-refractivity contribution >= 4 is 34.4 Å². The van der Waals surface area contributed by atoms with E-state index >= 15 is 0 Å². The molecule has 0 unspecified atom stereocenters. The Balaban J connectivity index is 2.69. The van der Waals surface area contributed by atoms with Gasteiger partial charge in [0.15, 0.2) is 0 Å². The number of ether oxygens (including phenoxy) is 1. The first-order valence-corrected chi connectivity index (χ1v) is 5.64. The molecule has 0 atom stereocenters. The fraction of sp³-hybridized carbons (Fsp3) is 0.167. The smallest absolute Gasteiger partial charge is 0.355 e. The Bertz CT molecular complexity index is 632. The molecule has 5 nitrogen and oxygen atoms in total. The maximum atomic E-state index is 11.7. The number of carbonyl (C=O) groups excluding carboxylic acids is 1. The number of nitrogens with one attached hydrogen (secondary N) is 1. The van der Waals surface area contributed by atoms with Gasteiger partial charge in [0, 0.05) is 15.9 Å². The standard InChI is InChI=1S/C12H10ClNO4/c1-2-18-12(17)10-9(11(15)16)7-5-6(13)3-4-8(7)14-10/h3-5,14H,2H2,1H3,(H,15,16). The average Bonchev–Trinajstić information content (AvgIpc) is 2.67. The molecular formula is C12H10ClNO4. The molecule has 2 N–H and O–H groups in total. The van der Waals surface area contributed by atoms with Gasteiger partial charge in [0.05, 0.1) is 12.2 Å². The number of halogens is 1. The van der Waals surface area contributed by atoms with Crippen molar-refractivity contribution in [3.8, 4) is 0 Å². The number of fused-ring (bicyclic) bond motifs is 1. The fourth-order valence-electron chi connectivity index (χ4n) is 1.74. The van der Waals surface area contributed by atoms with Gasteiger partial charge in [-0.15, -0.1) is 0 Å². The van der Waals surface area contributed by atoms with E-state index in [4.69, 9.17) is 16.3 Å². The molecule has 0 saturated carbocycles. The highest BCUT2D eigenvalue weighted by Gasteiger charge is 2.23. The minimum Gasteiger partial charge on any atom is -0.478 e. The molecule has 0 amide bonds. The van der Waals surface area contributed by atoms with E-state index in [0.717, 1.165) is 0 Å². The van der Waals surface area contributed by atoms with Gasteiger partial charge in [-0.05, 0) is 25.1 Å². The third kappa shape index (κ3) is 2.04. The summed E-state index contributed by atoms with van der Waals surface area (Å²) >= 11 is 5.82. The molecule has 0 aliphatic carbocycles. The number of carboxylic acids is 1.